The van der Waals surface area contributed by atoms with E-state index in [0.717, 1.165) is 33.5 Å². The normalized spacial score (nSPS) is 12.9. The number of amides is 1. The Morgan fingerprint density at radius 2 is 1.83 bits per heavy atom. The van der Waals surface area contributed by atoms with Crippen LogP contribution in [0, 0.1) is 0 Å². The second-order valence-corrected chi connectivity index (χ2v) is 7.66. The van der Waals surface area contributed by atoms with Gasteiger partial charge >= 0.3 is 0 Å². The third-order valence-corrected chi connectivity index (χ3v) is 5.57. The molecule has 0 radical (unpaired) electrons. The van der Waals surface area contributed by atoms with Gasteiger partial charge in [-0.25, -0.2) is 4.63 Å². The highest BCUT2D eigenvalue weighted by atomic mass is 35.5. The van der Waals surface area contributed by atoms with Crippen molar-refractivity contribution in [3.8, 4) is 11.1 Å². The molecule has 0 fully saturated rings. The molecule has 1 amide bonds. The van der Waals surface area contributed by atoms with E-state index < -0.39 is 0 Å². The molecule has 0 bridgehead atoms. The van der Waals surface area contributed by atoms with Gasteiger partial charge in [0.25, 0.3) is 0 Å². The van der Waals surface area contributed by atoms with Gasteiger partial charge in [-0.3, -0.25) is 4.79 Å². The van der Waals surface area contributed by atoms with Gasteiger partial charge in [0.15, 0.2) is 5.52 Å². The molecule has 0 atom stereocenters. The zero-order valence-electron chi connectivity index (χ0n) is 16.1. The van der Waals surface area contributed by atoms with Crippen LogP contribution in [0.5, 0.6) is 0 Å². The van der Waals surface area contributed by atoms with Crippen LogP contribution in [0.2, 0.25) is 5.02 Å². The molecule has 1 aliphatic rings. The average Bonchev–Trinajstić information content (AvgIpc) is 3.21. The van der Waals surface area contributed by atoms with Crippen molar-refractivity contribution in [2.24, 2.45) is 0 Å². The fraction of sp³-hybridized carbons (Fsp3) is 0.0870. The summed E-state index contributed by atoms with van der Waals surface area (Å²) in [5.41, 5.74) is 13.2. The van der Waals surface area contributed by atoms with E-state index in [9.17, 15) is 4.79 Å². The van der Waals surface area contributed by atoms with Gasteiger partial charge in [0, 0.05) is 17.5 Å². The van der Waals surface area contributed by atoms with Crippen LogP contribution in [-0.2, 0) is 11.3 Å². The Balaban J connectivity index is 1.66. The first-order valence-corrected chi connectivity index (χ1v) is 9.79. The molecular weight excluding hydrogens is 400 g/mol. The smallest absolute Gasteiger partial charge is 0.224 e. The summed E-state index contributed by atoms with van der Waals surface area (Å²) in [4.78, 5) is 14.2. The van der Waals surface area contributed by atoms with Crippen LogP contribution in [-0.4, -0.2) is 16.2 Å². The number of fused-ring (bicyclic) bond motifs is 3. The second-order valence-electron chi connectivity index (χ2n) is 7.22. The lowest BCUT2D eigenvalue weighted by Gasteiger charge is -2.26. The largest absolute Gasteiger partial charge is 0.397 e. The monoisotopic (exact) mass is 416 g/mol. The molecule has 0 spiro atoms. The van der Waals surface area contributed by atoms with Crippen molar-refractivity contribution in [1.82, 2.24) is 10.3 Å². The molecule has 1 aromatic heterocycles. The lowest BCUT2D eigenvalue weighted by molar-refractivity contribution is -0.116. The van der Waals surface area contributed by atoms with Crippen LogP contribution in [0.4, 0.5) is 11.4 Å². The van der Waals surface area contributed by atoms with Crippen molar-refractivity contribution >= 4 is 52.1 Å². The molecule has 0 saturated heterocycles. The van der Waals surface area contributed by atoms with E-state index in [2.05, 4.69) is 16.4 Å². The number of anilines is 2. The Kier molecular flexibility index (Phi) is 4.29. The molecule has 148 valence electrons. The van der Waals surface area contributed by atoms with E-state index in [0.29, 0.717) is 28.3 Å². The Morgan fingerprint density at radius 3 is 2.67 bits per heavy atom. The molecule has 0 saturated carbocycles. The highest BCUT2D eigenvalue weighted by Gasteiger charge is 2.20. The third-order valence-electron chi connectivity index (χ3n) is 5.33. The average molecular weight is 417 g/mol. The number of halogens is 1. The van der Waals surface area contributed by atoms with E-state index in [-0.39, 0.29) is 5.91 Å². The minimum atomic E-state index is -0.0409. The topological polar surface area (TPSA) is 85.2 Å². The van der Waals surface area contributed by atoms with Gasteiger partial charge in [-0.05, 0) is 69.0 Å². The first-order chi connectivity index (χ1) is 14.5. The number of carbonyl (C=O) groups is 1. The van der Waals surface area contributed by atoms with E-state index in [1.165, 1.54) is 0 Å². The van der Waals surface area contributed by atoms with Crippen molar-refractivity contribution in [2.75, 3.05) is 10.6 Å². The number of benzene rings is 3. The lowest BCUT2D eigenvalue weighted by atomic mass is 9.95. The number of nitrogen functional groups attached to an aromatic ring is 1. The van der Waals surface area contributed by atoms with Crippen LogP contribution in [0.3, 0.4) is 0 Å². The molecule has 1 aliphatic heterocycles. The molecule has 2 heterocycles. The number of carbonyl (C=O) groups excluding carboxylic acids is 1. The molecule has 5 rings (SSSR count). The Bertz CT molecular complexity index is 1340. The molecule has 30 heavy (non-hydrogen) atoms. The fourth-order valence-corrected chi connectivity index (χ4v) is 3.99. The number of hydrogen-bond acceptors (Lipinski definition) is 5. The van der Waals surface area contributed by atoms with Gasteiger partial charge in [-0.15, -0.1) is 0 Å². The maximum atomic E-state index is 12.5. The summed E-state index contributed by atoms with van der Waals surface area (Å²) in [6.07, 6.45) is 4.03. The van der Waals surface area contributed by atoms with Crippen LogP contribution in [0.25, 0.3) is 34.3 Å². The van der Waals surface area contributed by atoms with Gasteiger partial charge in [-0.2, -0.15) is 0 Å². The number of aromatic nitrogens is 2. The quantitative estimate of drug-likeness (QED) is 0.433. The van der Waals surface area contributed by atoms with Crippen LogP contribution >= 0.6 is 11.6 Å². The highest BCUT2D eigenvalue weighted by molar-refractivity contribution is 6.30. The van der Waals surface area contributed by atoms with E-state index in [4.69, 9.17) is 22.0 Å². The summed E-state index contributed by atoms with van der Waals surface area (Å²) < 4.78 is 4.90. The molecule has 2 N–H and O–H groups in total. The molecule has 0 aliphatic carbocycles. The van der Waals surface area contributed by atoms with Gasteiger partial charge in [0.2, 0.25) is 5.91 Å². The summed E-state index contributed by atoms with van der Waals surface area (Å²) in [6, 6.07) is 15.4. The first-order valence-electron chi connectivity index (χ1n) is 9.41. The van der Waals surface area contributed by atoms with Crippen molar-refractivity contribution in [2.45, 2.75) is 13.5 Å². The molecular formula is C23H17ClN4O2. The van der Waals surface area contributed by atoms with Crippen LogP contribution in [0.1, 0.15) is 23.6 Å². The Morgan fingerprint density at radius 1 is 1.03 bits per heavy atom. The Hall–Kier alpha value is -3.64. The number of hydrogen-bond donors (Lipinski definition) is 1. The first kappa shape index (κ1) is 18.4. The maximum absolute atomic E-state index is 12.5. The second kappa shape index (κ2) is 7.00. The number of rotatable bonds is 1. The Labute approximate surface area is 177 Å². The standard InChI is InChI=1S/C23H17ClN4O2/c1-13(29)28-12-17-10-15(19-7-8-20(25)23-22(19)26-30-27-23)4-2-14(17)3-5-16-11-18(24)6-9-21(16)28/h2-11H,12,25H2,1H3. The molecule has 0 unspecified atom stereocenters. The van der Waals surface area contributed by atoms with Crippen molar-refractivity contribution in [1.29, 1.82) is 0 Å². The predicted octanol–water partition coefficient (Wildman–Crippen LogP) is 5.16. The summed E-state index contributed by atoms with van der Waals surface area (Å²) in [5.74, 6) is -0.0409. The van der Waals surface area contributed by atoms with Gasteiger partial charge in [0.1, 0.15) is 5.52 Å². The summed E-state index contributed by atoms with van der Waals surface area (Å²) >= 11 is 6.17. The van der Waals surface area contributed by atoms with Gasteiger partial charge in [-0.1, -0.05) is 35.9 Å². The van der Waals surface area contributed by atoms with Gasteiger partial charge < -0.3 is 10.6 Å². The van der Waals surface area contributed by atoms with E-state index in [1.807, 2.05) is 42.5 Å². The summed E-state index contributed by atoms with van der Waals surface area (Å²) in [6.45, 7) is 2.00. The highest BCUT2D eigenvalue weighted by Crippen LogP contribution is 2.35. The molecule has 7 heteroatoms. The van der Waals surface area contributed by atoms with E-state index >= 15 is 0 Å². The predicted molar refractivity (Wildman–Crippen MR) is 119 cm³/mol. The van der Waals surface area contributed by atoms with Gasteiger partial charge in [0.05, 0.1) is 17.9 Å². The third kappa shape index (κ3) is 3.02. The summed E-state index contributed by atoms with van der Waals surface area (Å²) in [5, 5.41) is 8.56. The number of nitrogens with two attached hydrogens (primary N) is 1. The van der Waals surface area contributed by atoms with Crippen molar-refractivity contribution in [3.63, 3.8) is 0 Å². The summed E-state index contributed by atoms with van der Waals surface area (Å²) in [7, 11) is 0. The number of nitrogens with zero attached hydrogens (tertiary/aromatic N) is 3. The maximum Gasteiger partial charge on any atom is 0.224 e. The van der Waals surface area contributed by atoms with Crippen molar-refractivity contribution < 1.29 is 9.42 Å². The van der Waals surface area contributed by atoms with E-state index in [1.54, 1.807) is 24.0 Å². The molecule has 4 aromatic rings. The minimum absolute atomic E-state index is 0.0409. The zero-order chi connectivity index (χ0) is 20.8. The molecule has 3 aromatic carbocycles. The fourth-order valence-electron chi connectivity index (χ4n) is 3.81. The molecule has 6 nitrogen and oxygen atoms in total. The van der Waals surface area contributed by atoms with Crippen molar-refractivity contribution in [3.05, 3.63) is 70.2 Å². The minimum Gasteiger partial charge on any atom is -0.397 e. The van der Waals surface area contributed by atoms with Crippen LogP contribution < -0.4 is 10.6 Å². The lowest BCUT2D eigenvalue weighted by Crippen LogP contribution is -2.29. The zero-order valence-corrected chi connectivity index (χ0v) is 16.8. The van der Waals surface area contributed by atoms with Crippen LogP contribution in [0.15, 0.2) is 53.2 Å². The SMILES string of the molecule is CC(=O)N1Cc2cc(-c3ccc(N)c4nonc34)ccc2C=Cc2cc(Cl)ccc21.